The van der Waals surface area contributed by atoms with Crippen LogP contribution in [0, 0.1) is 13.8 Å². The third-order valence-electron chi connectivity index (χ3n) is 5.41. The standard InChI is InChI=1S/C25H23ClN2O2/c1-16-8-10-22(17(2)13-16)27-24(29)19-9-11-23-18(14-19)6-4-12-28(23)25(30)20-5-3-7-21(26)15-20/h3,5,7-11,13-15H,4,6,12H2,1-2H3,(H,27,29). The van der Waals surface area contributed by atoms with Crippen LogP contribution in [0.15, 0.2) is 60.7 Å². The van der Waals surface area contributed by atoms with Crippen molar-refractivity contribution in [3.8, 4) is 0 Å². The predicted molar refractivity (Wildman–Crippen MR) is 122 cm³/mol. The summed E-state index contributed by atoms with van der Waals surface area (Å²) in [7, 11) is 0. The molecule has 30 heavy (non-hydrogen) atoms. The molecule has 0 bridgehead atoms. The van der Waals surface area contributed by atoms with Gasteiger partial charge in [-0.05, 0) is 80.3 Å². The van der Waals surface area contributed by atoms with Crippen molar-refractivity contribution >= 4 is 34.8 Å². The highest BCUT2D eigenvalue weighted by atomic mass is 35.5. The summed E-state index contributed by atoms with van der Waals surface area (Å²) in [6.07, 6.45) is 1.68. The number of amides is 2. The molecule has 0 aliphatic carbocycles. The van der Waals surface area contributed by atoms with Crippen LogP contribution in [0.3, 0.4) is 0 Å². The lowest BCUT2D eigenvalue weighted by atomic mass is 9.98. The van der Waals surface area contributed by atoms with E-state index in [4.69, 9.17) is 11.6 Å². The van der Waals surface area contributed by atoms with Crippen LogP contribution >= 0.6 is 11.6 Å². The molecular weight excluding hydrogens is 396 g/mol. The van der Waals surface area contributed by atoms with Crippen LogP contribution in [0.2, 0.25) is 5.02 Å². The summed E-state index contributed by atoms with van der Waals surface area (Å²) in [5, 5.41) is 3.53. The molecule has 2 amide bonds. The lowest BCUT2D eigenvalue weighted by molar-refractivity contribution is 0.0984. The molecule has 0 saturated heterocycles. The van der Waals surface area contributed by atoms with E-state index in [2.05, 4.69) is 5.32 Å². The smallest absolute Gasteiger partial charge is 0.258 e. The Labute approximate surface area is 181 Å². The molecule has 0 radical (unpaired) electrons. The molecule has 4 rings (SSSR count). The molecule has 3 aromatic carbocycles. The van der Waals surface area contributed by atoms with Crippen molar-refractivity contribution < 1.29 is 9.59 Å². The van der Waals surface area contributed by atoms with Crippen LogP contribution in [-0.4, -0.2) is 18.4 Å². The Morgan fingerprint density at radius 2 is 1.80 bits per heavy atom. The highest BCUT2D eigenvalue weighted by molar-refractivity contribution is 6.31. The van der Waals surface area contributed by atoms with E-state index >= 15 is 0 Å². The quantitative estimate of drug-likeness (QED) is 0.584. The van der Waals surface area contributed by atoms with Crippen molar-refractivity contribution in [3.63, 3.8) is 0 Å². The van der Waals surface area contributed by atoms with Gasteiger partial charge in [-0.2, -0.15) is 0 Å². The van der Waals surface area contributed by atoms with Gasteiger partial charge in [-0.15, -0.1) is 0 Å². The van der Waals surface area contributed by atoms with E-state index in [1.54, 1.807) is 35.2 Å². The van der Waals surface area contributed by atoms with E-state index in [1.807, 2.05) is 44.2 Å². The summed E-state index contributed by atoms with van der Waals surface area (Å²) in [5.74, 6) is -0.228. The normalized spacial score (nSPS) is 13.0. The summed E-state index contributed by atoms with van der Waals surface area (Å²) < 4.78 is 0. The largest absolute Gasteiger partial charge is 0.322 e. The van der Waals surface area contributed by atoms with Gasteiger partial charge in [0.25, 0.3) is 11.8 Å². The number of hydrogen-bond donors (Lipinski definition) is 1. The van der Waals surface area contributed by atoms with Crippen molar-refractivity contribution in [2.75, 3.05) is 16.8 Å². The number of carbonyl (C=O) groups excluding carboxylic acids is 2. The van der Waals surface area contributed by atoms with Gasteiger partial charge in [0, 0.05) is 34.1 Å². The number of carbonyl (C=O) groups is 2. The van der Waals surface area contributed by atoms with Gasteiger partial charge >= 0.3 is 0 Å². The van der Waals surface area contributed by atoms with Crippen LogP contribution in [0.4, 0.5) is 11.4 Å². The second kappa shape index (κ2) is 8.33. The number of benzene rings is 3. The molecule has 1 heterocycles. The van der Waals surface area contributed by atoms with E-state index < -0.39 is 0 Å². The molecule has 0 spiro atoms. The fourth-order valence-corrected chi connectivity index (χ4v) is 4.07. The van der Waals surface area contributed by atoms with E-state index in [9.17, 15) is 9.59 Å². The number of halogens is 1. The summed E-state index contributed by atoms with van der Waals surface area (Å²) >= 11 is 6.05. The van der Waals surface area contributed by atoms with Gasteiger partial charge in [0.2, 0.25) is 0 Å². The van der Waals surface area contributed by atoms with Crippen LogP contribution in [0.5, 0.6) is 0 Å². The molecule has 1 aliphatic heterocycles. The maximum atomic E-state index is 13.0. The zero-order chi connectivity index (χ0) is 21.3. The van der Waals surface area contributed by atoms with Gasteiger partial charge in [0.15, 0.2) is 0 Å². The Balaban J connectivity index is 1.58. The van der Waals surface area contributed by atoms with Gasteiger partial charge in [0.1, 0.15) is 0 Å². The monoisotopic (exact) mass is 418 g/mol. The number of nitrogens with zero attached hydrogens (tertiary/aromatic N) is 1. The minimum absolute atomic E-state index is 0.0778. The van der Waals surface area contributed by atoms with E-state index in [1.165, 1.54) is 0 Å². The van der Waals surface area contributed by atoms with E-state index in [0.29, 0.717) is 22.7 Å². The minimum Gasteiger partial charge on any atom is -0.322 e. The Morgan fingerprint density at radius 3 is 2.57 bits per heavy atom. The number of hydrogen-bond acceptors (Lipinski definition) is 2. The van der Waals surface area contributed by atoms with Crippen LogP contribution in [-0.2, 0) is 6.42 Å². The lowest BCUT2D eigenvalue weighted by Crippen LogP contribution is -2.35. The molecule has 5 heteroatoms. The van der Waals surface area contributed by atoms with Gasteiger partial charge in [-0.1, -0.05) is 35.4 Å². The Bertz CT molecular complexity index is 1140. The molecular formula is C25H23ClN2O2. The van der Waals surface area contributed by atoms with Gasteiger partial charge in [0.05, 0.1) is 0 Å². The first kappa shape index (κ1) is 20.2. The van der Waals surface area contributed by atoms with Crippen LogP contribution < -0.4 is 10.2 Å². The zero-order valence-corrected chi connectivity index (χ0v) is 17.8. The summed E-state index contributed by atoms with van der Waals surface area (Å²) in [5.41, 5.74) is 6.00. The molecule has 0 atom stereocenters. The average molecular weight is 419 g/mol. The van der Waals surface area contributed by atoms with E-state index in [-0.39, 0.29) is 11.8 Å². The fraction of sp³-hybridized carbons (Fsp3) is 0.200. The number of aryl methyl sites for hydroxylation is 3. The van der Waals surface area contributed by atoms with E-state index in [0.717, 1.165) is 40.9 Å². The molecule has 0 fully saturated rings. The van der Waals surface area contributed by atoms with Crippen molar-refractivity contribution in [3.05, 3.63) is 93.5 Å². The molecule has 0 unspecified atom stereocenters. The molecule has 0 saturated carbocycles. The van der Waals surface area contributed by atoms with Crippen LogP contribution in [0.25, 0.3) is 0 Å². The summed E-state index contributed by atoms with van der Waals surface area (Å²) in [4.78, 5) is 27.6. The number of nitrogens with one attached hydrogen (secondary N) is 1. The van der Waals surface area contributed by atoms with Crippen molar-refractivity contribution in [2.45, 2.75) is 26.7 Å². The van der Waals surface area contributed by atoms with Crippen molar-refractivity contribution in [1.29, 1.82) is 0 Å². The minimum atomic E-state index is -0.150. The molecule has 3 aromatic rings. The zero-order valence-electron chi connectivity index (χ0n) is 17.0. The number of anilines is 2. The summed E-state index contributed by atoms with van der Waals surface area (Å²) in [6.45, 7) is 4.65. The first-order valence-electron chi connectivity index (χ1n) is 10.0. The first-order valence-corrected chi connectivity index (χ1v) is 10.4. The maximum Gasteiger partial charge on any atom is 0.258 e. The van der Waals surface area contributed by atoms with Gasteiger partial charge < -0.3 is 10.2 Å². The Kier molecular flexibility index (Phi) is 5.60. The SMILES string of the molecule is Cc1ccc(NC(=O)c2ccc3c(c2)CCCN3C(=O)c2cccc(Cl)c2)c(C)c1. The third-order valence-corrected chi connectivity index (χ3v) is 5.64. The predicted octanol–water partition coefficient (Wildman–Crippen LogP) is 5.80. The van der Waals surface area contributed by atoms with Gasteiger partial charge in [-0.3, -0.25) is 9.59 Å². The van der Waals surface area contributed by atoms with Crippen molar-refractivity contribution in [1.82, 2.24) is 0 Å². The second-order valence-electron chi connectivity index (χ2n) is 7.69. The topological polar surface area (TPSA) is 49.4 Å². The first-order chi connectivity index (χ1) is 14.4. The molecule has 4 nitrogen and oxygen atoms in total. The second-order valence-corrected chi connectivity index (χ2v) is 8.12. The molecule has 152 valence electrons. The highest BCUT2D eigenvalue weighted by Gasteiger charge is 2.24. The Morgan fingerprint density at radius 1 is 0.967 bits per heavy atom. The Hall–Kier alpha value is -3.11. The molecule has 1 aliphatic rings. The van der Waals surface area contributed by atoms with Crippen LogP contribution in [0.1, 0.15) is 43.8 Å². The fourth-order valence-electron chi connectivity index (χ4n) is 3.88. The number of fused-ring (bicyclic) bond motifs is 1. The highest BCUT2D eigenvalue weighted by Crippen LogP contribution is 2.30. The number of rotatable bonds is 3. The summed E-state index contributed by atoms with van der Waals surface area (Å²) in [6, 6.07) is 18.5. The van der Waals surface area contributed by atoms with Gasteiger partial charge in [-0.25, -0.2) is 0 Å². The molecule has 0 aromatic heterocycles. The lowest BCUT2D eigenvalue weighted by Gasteiger charge is -2.30. The molecule has 1 N–H and O–H groups in total. The average Bonchev–Trinajstić information content (AvgIpc) is 2.74. The third kappa shape index (κ3) is 4.10. The van der Waals surface area contributed by atoms with Crippen molar-refractivity contribution in [2.24, 2.45) is 0 Å². The maximum absolute atomic E-state index is 13.0.